The smallest absolute Gasteiger partial charge is 0.277 e. The highest BCUT2D eigenvalue weighted by molar-refractivity contribution is 7.80. The lowest BCUT2D eigenvalue weighted by Gasteiger charge is -1.97. The van der Waals surface area contributed by atoms with Crippen LogP contribution in [0.3, 0.4) is 0 Å². The van der Waals surface area contributed by atoms with E-state index in [1.165, 1.54) is 7.11 Å². The number of ether oxygens (including phenoxy) is 1. The maximum absolute atomic E-state index is 4.70. The molecule has 1 aromatic rings. The molecule has 0 aliphatic carbocycles. The summed E-state index contributed by atoms with van der Waals surface area (Å²) in [6, 6.07) is 5.55. The van der Waals surface area contributed by atoms with Crippen LogP contribution in [0.15, 0.2) is 29.5 Å². The van der Waals surface area contributed by atoms with Gasteiger partial charge < -0.3 is 4.74 Å². The van der Waals surface area contributed by atoms with Crippen molar-refractivity contribution in [3.05, 3.63) is 30.1 Å². The van der Waals surface area contributed by atoms with Crippen LogP contribution in [-0.2, 0) is 4.74 Å². The molecule has 1 N–H and O–H groups in total. The molecule has 68 valence electrons. The molecule has 1 aromatic heterocycles. The van der Waals surface area contributed by atoms with E-state index in [1.54, 1.807) is 12.4 Å². The van der Waals surface area contributed by atoms with E-state index in [0.29, 0.717) is 0 Å². The van der Waals surface area contributed by atoms with Gasteiger partial charge >= 0.3 is 0 Å². The first-order valence-corrected chi connectivity index (χ1v) is 4.02. The van der Waals surface area contributed by atoms with Gasteiger partial charge in [0.15, 0.2) is 0 Å². The van der Waals surface area contributed by atoms with Crippen LogP contribution in [0.2, 0.25) is 0 Å². The average molecular weight is 195 g/mol. The fourth-order valence-electron chi connectivity index (χ4n) is 0.649. The van der Waals surface area contributed by atoms with Crippen molar-refractivity contribution >= 4 is 23.6 Å². The maximum Gasteiger partial charge on any atom is 0.277 e. The highest BCUT2D eigenvalue weighted by Crippen LogP contribution is 1.87. The van der Waals surface area contributed by atoms with Gasteiger partial charge in [0.1, 0.15) is 0 Å². The Morgan fingerprint density at radius 2 is 2.54 bits per heavy atom. The fourth-order valence-corrected chi connectivity index (χ4v) is 0.702. The van der Waals surface area contributed by atoms with Crippen LogP contribution in [0, 0.1) is 0 Å². The van der Waals surface area contributed by atoms with Crippen molar-refractivity contribution in [2.45, 2.75) is 0 Å². The largest absolute Gasteiger partial charge is 0.473 e. The summed E-state index contributed by atoms with van der Waals surface area (Å²) in [7, 11) is 1.48. The number of thiocarbonyl (C=S) groups is 1. The number of nitrogens with one attached hydrogen (secondary N) is 1. The highest BCUT2D eigenvalue weighted by Gasteiger charge is 1.88. The Labute approximate surface area is 81.6 Å². The number of pyridine rings is 1. The number of nitrogens with zero attached hydrogens (tertiary/aromatic N) is 2. The molecule has 0 aliphatic heterocycles. The number of hydrogen-bond donors (Lipinski definition) is 1. The Morgan fingerprint density at radius 3 is 3.15 bits per heavy atom. The minimum atomic E-state index is 0.229. The normalized spacial score (nSPS) is 9.92. The van der Waals surface area contributed by atoms with Crippen LogP contribution in [0.4, 0.5) is 0 Å². The van der Waals surface area contributed by atoms with Crippen LogP contribution in [0.1, 0.15) is 5.69 Å². The van der Waals surface area contributed by atoms with Gasteiger partial charge in [-0.1, -0.05) is 6.07 Å². The third kappa shape index (κ3) is 3.62. The SMILES string of the molecule is COC(=S)N/N=C/c1ccccn1. The van der Waals surface area contributed by atoms with Crippen molar-refractivity contribution in [3.63, 3.8) is 0 Å². The lowest BCUT2D eigenvalue weighted by molar-refractivity contribution is 0.395. The molecular weight excluding hydrogens is 186 g/mol. The molecule has 1 heterocycles. The van der Waals surface area contributed by atoms with E-state index in [2.05, 4.69) is 20.2 Å². The Morgan fingerprint density at radius 1 is 1.69 bits per heavy atom. The van der Waals surface area contributed by atoms with Crippen molar-refractivity contribution in [3.8, 4) is 0 Å². The zero-order valence-electron chi connectivity index (χ0n) is 7.10. The first kappa shape index (κ1) is 9.60. The van der Waals surface area contributed by atoms with Crippen LogP contribution in [0.25, 0.3) is 0 Å². The minimum absolute atomic E-state index is 0.229. The summed E-state index contributed by atoms with van der Waals surface area (Å²) in [6.07, 6.45) is 3.25. The second-order valence-corrected chi connectivity index (χ2v) is 2.49. The predicted octanol–water partition coefficient (Wildman–Crippen LogP) is 0.936. The predicted molar refractivity (Wildman–Crippen MR) is 54.6 cm³/mol. The molecule has 5 heteroatoms. The second-order valence-electron chi connectivity index (χ2n) is 2.12. The van der Waals surface area contributed by atoms with Crippen LogP contribution >= 0.6 is 12.2 Å². The number of rotatable bonds is 2. The van der Waals surface area contributed by atoms with Crippen molar-refractivity contribution in [1.29, 1.82) is 0 Å². The Balaban J connectivity index is 2.45. The zero-order chi connectivity index (χ0) is 9.52. The first-order chi connectivity index (χ1) is 6.33. The van der Waals surface area contributed by atoms with Crippen molar-refractivity contribution < 1.29 is 4.74 Å². The summed E-state index contributed by atoms with van der Waals surface area (Å²) in [5, 5.41) is 4.04. The lowest BCUT2D eigenvalue weighted by atomic mass is 10.4. The van der Waals surface area contributed by atoms with Crippen LogP contribution < -0.4 is 5.43 Å². The molecule has 0 aliphatic rings. The molecule has 0 radical (unpaired) electrons. The maximum atomic E-state index is 4.70. The third-order valence-electron chi connectivity index (χ3n) is 1.23. The molecule has 0 fully saturated rings. The lowest BCUT2D eigenvalue weighted by Crippen LogP contribution is -2.16. The fraction of sp³-hybridized carbons (Fsp3) is 0.125. The Bertz CT molecular complexity index is 300. The molecule has 0 bridgehead atoms. The van der Waals surface area contributed by atoms with Crippen LogP contribution in [-0.4, -0.2) is 23.5 Å². The van der Waals surface area contributed by atoms with E-state index in [-0.39, 0.29) is 5.17 Å². The van der Waals surface area contributed by atoms with Gasteiger partial charge in [-0.3, -0.25) is 4.98 Å². The number of hydrogen-bond acceptors (Lipinski definition) is 4. The first-order valence-electron chi connectivity index (χ1n) is 3.61. The van der Waals surface area contributed by atoms with E-state index in [9.17, 15) is 0 Å². The van der Waals surface area contributed by atoms with Crippen molar-refractivity contribution in [1.82, 2.24) is 10.4 Å². The topological polar surface area (TPSA) is 46.5 Å². The van der Waals surface area contributed by atoms with Gasteiger partial charge in [-0.15, -0.1) is 0 Å². The number of aromatic nitrogens is 1. The van der Waals surface area contributed by atoms with Gasteiger partial charge in [0.05, 0.1) is 19.0 Å². The summed E-state index contributed by atoms with van der Waals surface area (Å²) < 4.78 is 4.67. The summed E-state index contributed by atoms with van der Waals surface area (Å²) in [5.74, 6) is 0. The summed E-state index contributed by atoms with van der Waals surface area (Å²) in [6.45, 7) is 0. The second kappa shape index (κ2) is 5.21. The van der Waals surface area contributed by atoms with Crippen molar-refractivity contribution in [2.24, 2.45) is 5.10 Å². The molecule has 0 saturated heterocycles. The van der Waals surface area contributed by atoms with E-state index >= 15 is 0 Å². The van der Waals surface area contributed by atoms with Gasteiger partial charge in [-0.2, -0.15) is 5.10 Å². The summed E-state index contributed by atoms with van der Waals surface area (Å²) >= 11 is 4.70. The molecule has 0 aromatic carbocycles. The van der Waals surface area contributed by atoms with Crippen LogP contribution in [0.5, 0.6) is 0 Å². The van der Waals surface area contributed by atoms with Gasteiger partial charge in [0.25, 0.3) is 5.17 Å². The molecule has 1 rings (SSSR count). The average Bonchev–Trinajstić information content (AvgIpc) is 2.19. The Hall–Kier alpha value is -1.49. The number of methoxy groups -OCH3 is 1. The van der Waals surface area contributed by atoms with Gasteiger partial charge in [-0.25, -0.2) is 5.43 Å². The zero-order valence-corrected chi connectivity index (χ0v) is 7.91. The number of hydrazone groups is 1. The van der Waals surface area contributed by atoms with E-state index in [0.717, 1.165) is 5.69 Å². The molecular formula is C8H9N3OS. The summed E-state index contributed by atoms with van der Waals surface area (Å²) in [4.78, 5) is 4.03. The summed E-state index contributed by atoms with van der Waals surface area (Å²) in [5.41, 5.74) is 3.28. The quantitative estimate of drug-likeness (QED) is 0.433. The van der Waals surface area contributed by atoms with Gasteiger partial charge in [0, 0.05) is 6.20 Å². The molecule has 4 nitrogen and oxygen atoms in total. The molecule has 0 amide bonds. The Kier molecular flexibility index (Phi) is 3.84. The van der Waals surface area contributed by atoms with E-state index in [4.69, 9.17) is 12.2 Å². The molecule has 13 heavy (non-hydrogen) atoms. The molecule has 0 spiro atoms. The molecule has 0 atom stereocenters. The van der Waals surface area contributed by atoms with E-state index < -0.39 is 0 Å². The molecule has 0 saturated carbocycles. The highest BCUT2D eigenvalue weighted by atomic mass is 32.1. The monoisotopic (exact) mass is 195 g/mol. The van der Waals surface area contributed by atoms with Gasteiger partial charge in [-0.05, 0) is 24.4 Å². The van der Waals surface area contributed by atoms with E-state index in [1.807, 2.05) is 18.2 Å². The van der Waals surface area contributed by atoms with Gasteiger partial charge in [0.2, 0.25) is 0 Å². The minimum Gasteiger partial charge on any atom is -0.473 e. The molecule has 0 unspecified atom stereocenters. The standard InChI is InChI=1S/C8H9N3OS/c1-12-8(13)11-10-6-7-4-2-3-5-9-7/h2-6H,1H3,(H,11,13)/b10-6+. The third-order valence-corrected chi connectivity index (χ3v) is 1.48. The van der Waals surface area contributed by atoms with Crippen molar-refractivity contribution in [2.75, 3.05) is 7.11 Å².